The highest BCUT2D eigenvalue weighted by Crippen LogP contribution is 2.45. The predicted molar refractivity (Wildman–Crippen MR) is 170 cm³/mol. The first-order valence-electron chi connectivity index (χ1n) is 14.6. The number of benzene rings is 2. The minimum atomic E-state index is -2.17. The zero-order valence-electron chi connectivity index (χ0n) is 26.0. The van der Waals surface area contributed by atoms with Gasteiger partial charge in [0.05, 0.1) is 30.2 Å². The first kappa shape index (κ1) is 33.6. The largest absolute Gasteiger partial charge is 0.464 e. The van der Waals surface area contributed by atoms with Crippen molar-refractivity contribution in [2.45, 2.75) is 82.1 Å². The molecule has 42 heavy (non-hydrogen) atoms. The zero-order valence-corrected chi connectivity index (χ0v) is 27.9. The number of nitrogens with zero attached hydrogens (tertiary/aromatic N) is 1. The van der Waals surface area contributed by atoms with Gasteiger partial charge in [-0.2, -0.15) is 0 Å². The molecule has 3 rings (SSSR count). The third-order valence-corrected chi connectivity index (χ3v) is 13.8. The molecule has 0 saturated carbocycles. The molecule has 228 valence electrons. The molecule has 0 radical (unpaired) electrons. The van der Waals surface area contributed by atoms with E-state index in [9.17, 15) is 14.4 Å². The smallest absolute Gasteiger partial charge is 0.339 e. The average molecular weight is 612 g/mol. The van der Waals surface area contributed by atoms with Crippen LogP contribution in [0.3, 0.4) is 0 Å². The molecule has 1 unspecified atom stereocenters. The fraction of sp³-hybridized carbons (Fsp3) is 0.485. The van der Waals surface area contributed by atoms with Crippen LogP contribution in [0.25, 0.3) is 0 Å². The molecule has 0 spiro atoms. The summed E-state index contributed by atoms with van der Waals surface area (Å²) in [4.78, 5) is 42.1. The van der Waals surface area contributed by atoms with E-state index in [2.05, 4.69) is 33.9 Å². The number of thioether (sulfide) groups is 1. The van der Waals surface area contributed by atoms with E-state index in [1.54, 1.807) is 42.2 Å². The lowest BCUT2D eigenvalue weighted by atomic mass is 9.76. The van der Waals surface area contributed by atoms with Gasteiger partial charge < -0.3 is 18.8 Å². The molecule has 1 fully saturated rings. The molecule has 1 saturated heterocycles. The first-order chi connectivity index (χ1) is 19.8. The van der Waals surface area contributed by atoms with Crippen LogP contribution in [-0.2, 0) is 23.5 Å². The second kappa shape index (κ2) is 14.5. The van der Waals surface area contributed by atoms with Crippen LogP contribution in [0.15, 0.2) is 77.7 Å². The molecule has 7 nitrogen and oxygen atoms in total. The maximum Gasteiger partial charge on any atom is 0.339 e. The summed E-state index contributed by atoms with van der Waals surface area (Å²) in [6.45, 7) is 16.9. The Labute approximate surface area is 256 Å². The quantitative estimate of drug-likeness (QED) is 0.0797. The number of ether oxygens (including phenoxy) is 2. The van der Waals surface area contributed by atoms with Crippen molar-refractivity contribution in [3.63, 3.8) is 0 Å². The Morgan fingerprint density at radius 2 is 1.60 bits per heavy atom. The molecule has 0 aromatic heterocycles. The van der Waals surface area contributed by atoms with Gasteiger partial charge in [0.2, 0.25) is 5.91 Å². The second-order valence-electron chi connectivity index (χ2n) is 12.1. The molecular weight excluding hydrogens is 567 g/mol. The fourth-order valence-corrected chi connectivity index (χ4v) is 7.35. The SMILES string of the molecule is CCOC(=O)C(Sc1ccccc1)N1C(=O)[C@H]([C@@H](C)O[Si](C)(C)C(C)(C)C)[C@H]1[C@@H](C)/C=C/COC(=O)c1ccccc1. The predicted octanol–water partition coefficient (Wildman–Crippen LogP) is 6.95. The lowest BCUT2D eigenvalue weighted by Crippen LogP contribution is -2.70. The maximum absolute atomic E-state index is 13.9. The molecule has 1 aliphatic rings. The molecule has 5 atom stereocenters. The monoisotopic (exact) mass is 611 g/mol. The van der Waals surface area contributed by atoms with Gasteiger partial charge in [-0.15, -0.1) is 0 Å². The van der Waals surface area contributed by atoms with Crippen molar-refractivity contribution in [3.05, 3.63) is 78.4 Å². The van der Waals surface area contributed by atoms with Crippen LogP contribution in [0, 0.1) is 11.8 Å². The van der Waals surface area contributed by atoms with Crippen molar-refractivity contribution in [1.29, 1.82) is 0 Å². The summed E-state index contributed by atoms with van der Waals surface area (Å²) >= 11 is 1.31. The zero-order chi connectivity index (χ0) is 31.1. The average Bonchev–Trinajstić information content (AvgIpc) is 2.93. The molecule has 2 aromatic rings. The Balaban J connectivity index is 1.86. The third kappa shape index (κ3) is 8.14. The maximum atomic E-state index is 13.9. The van der Waals surface area contributed by atoms with E-state index in [0.717, 1.165) is 4.90 Å². The number of hydrogen-bond acceptors (Lipinski definition) is 7. The number of esters is 2. The minimum absolute atomic E-state index is 0.0198. The lowest BCUT2D eigenvalue weighted by Gasteiger charge is -2.54. The van der Waals surface area contributed by atoms with Crippen molar-refractivity contribution in [2.75, 3.05) is 13.2 Å². The van der Waals surface area contributed by atoms with E-state index < -0.39 is 31.5 Å². The van der Waals surface area contributed by atoms with E-state index in [0.29, 0.717) is 5.56 Å². The topological polar surface area (TPSA) is 82.1 Å². The van der Waals surface area contributed by atoms with E-state index in [-0.39, 0.29) is 42.2 Å². The van der Waals surface area contributed by atoms with Gasteiger partial charge >= 0.3 is 11.9 Å². The number of carbonyl (C=O) groups excluding carboxylic acids is 3. The Hall–Kier alpha value is -2.88. The summed E-state index contributed by atoms with van der Waals surface area (Å²) < 4.78 is 17.6. The first-order valence-corrected chi connectivity index (χ1v) is 18.3. The summed E-state index contributed by atoms with van der Waals surface area (Å²) in [6.07, 6.45) is 3.41. The van der Waals surface area contributed by atoms with Crippen molar-refractivity contribution in [1.82, 2.24) is 4.90 Å². The molecule has 1 heterocycles. The highest BCUT2D eigenvalue weighted by molar-refractivity contribution is 8.00. The Morgan fingerprint density at radius 3 is 2.17 bits per heavy atom. The van der Waals surface area contributed by atoms with Gasteiger partial charge in [-0.05, 0) is 62.2 Å². The highest BCUT2D eigenvalue weighted by Gasteiger charge is 2.57. The number of hydrogen-bond donors (Lipinski definition) is 0. The van der Waals surface area contributed by atoms with Gasteiger partial charge in [0.15, 0.2) is 13.7 Å². The summed E-state index contributed by atoms with van der Waals surface area (Å²) in [5.74, 6) is -1.55. The molecule has 0 aliphatic carbocycles. The van der Waals surface area contributed by atoms with Gasteiger partial charge in [0.1, 0.15) is 6.61 Å². The van der Waals surface area contributed by atoms with Gasteiger partial charge in [-0.25, -0.2) is 9.59 Å². The molecule has 1 aliphatic heterocycles. The van der Waals surface area contributed by atoms with Crippen LogP contribution in [0.5, 0.6) is 0 Å². The van der Waals surface area contributed by atoms with E-state index in [1.807, 2.05) is 56.3 Å². The second-order valence-corrected chi connectivity index (χ2v) is 18.0. The molecule has 0 N–H and O–H groups in total. The Kier molecular flexibility index (Phi) is 11.6. The van der Waals surface area contributed by atoms with E-state index >= 15 is 0 Å². The summed E-state index contributed by atoms with van der Waals surface area (Å²) in [5.41, 5.74) is 0.488. The van der Waals surface area contributed by atoms with Gasteiger partial charge in [0.25, 0.3) is 0 Å². The molecule has 1 amide bonds. The normalized spacial score (nSPS) is 19.6. The van der Waals surface area contributed by atoms with Crippen LogP contribution >= 0.6 is 11.8 Å². The fourth-order valence-electron chi connectivity index (χ4n) is 4.83. The van der Waals surface area contributed by atoms with Crippen LogP contribution in [0.4, 0.5) is 0 Å². The van der Waals surface area contributed by atoms with Crippen molar-refractivity contribution < 1.29 is 28.3 Å². The van der Waals surface area contributed by atoms with Crippen LogP contribution in [0.1, 0.15) is 51.9 Å². The van der Waals surface area contributed by atoms with Gasteiger partial charge in [0, 0.05) is 4.90 Å². The van der Waals surface area contributed by atoms with Crippen molar-refractivity contribution in [3.8, 4) is 0 Å². The molecule has 9 heteroatoms. The summed E-state index contributed by atoms with van der Waals surface area (Å²) in [7, 11) is -2.17. The van der Waals surface area contributed by atoms with Crippen LogP contribution in [0.2, 0.25) is 18.1 Å². The Bertz CT molecular complexity index is 1230. The van der Waals surface area contributed by atoms with Crippen LogP contribution < -0.4 is 0 Å². The van der Waals surface area contributed by atoms with E-state index in [1.165, 1.54) is 11.8 Å². The standard InChI is InChI=1S/C33H45NO6SSi/c1-9-38-32(37)30(41-26-20-14-11-15-21-26)34-28(27(29(34)35)24(3)40-42(7,8)33(4,5)6)23(2)17-16-22-39-31(36)25-18-12-10-13-19-25/h10-21,23-24,27-28,30H,9,22H2,1-8H3/b17-16+/t23-,24+,27+,28+,30?/m0/s1. The number of β-lactam (4-membered cyclic amide) rings is 1. The summed E-state index contributed by atoms with van der Waals surface area (Å²) in [5, 5.41) is -0.860. The highest BCUT2D eigenvalue weighted by atomic mass is 32.2. The summed E-state index contributed by atoms with van der Waals surface area (Å²) in [6, 6.07) is 18.1. The van der Waals surface area contributed by atoms with Crippen molar-refractivity contribution >= 4 is 37.9 Å². The third-order valence-electron chi connectivity index (χ3n) is 8.05. The lowest BCUT2D eigenvalue weighted by molar-refractivity contribution is -0.175. The number of likely N-dealkylation sites (tertiary alicyclic amines) is 1. The Morgan fingerprint density at radius 1 is 1.00 bits per heavy atom. The van der Waals surface area contributed by atoms with Crippen LogP contribution in [-0.4, -0.2) is 61.8 Å². The van der Waals surface area contributed by atoms with E-state index in [4.69, 9.17) is 13.9 Å². The minimum Gasteiger partial charge on any atom is -0.464 e. The molecule has 2 aromatic carbocycles. The van der Waals surface area contributed by atoms with Gasteiger partial charge in [-0.1, -0.05) is 88.0 Å². The van der Waals surface area contributed by atoms with Crippen molar-refractivity contribution in [2.24, 2.45) is 11.8 Å². The number of carbonyl (C=O) groups is 3. The molecular formula is C33H45NO6SSi. The molecule has 0 bridgehead atoms. The number of rotatable bonds is 13. The number of amides is 1. The van der Waals surface area contributed by atoms with Gasteiger partial charge in [-0.3, -0.25) is 4.79 Å².